The molecule has 20 heavy (non-hydrogen) atoms. The Balaban J connectivity index is 2.18. The third-order valence-corrected chi connectivity index (χ3v) is 2.34. The molecule has 6 heteroatoms. The molecular weight excluding hydrogens is 271 g/mol. The summed E-state index contributed by atoms with van der Waals surface area (Å²) in [6.45, 7) is 0. The normalized spacial score (nSPS) is 11.8. The molecule has 104 valence electrons. The molecule has 0 unspecified atom stereocenters. The monoisotopic (exact) mass is 281 g/mol. The highest BCUT2D eigenvalue weighted by atomic mass is 19.4. The van der Waals surface area contributed by atoms with Gasteiger partial charge in [-0.05, 0) is 24.3 Å². The minimum Gasteiger partial charge on any atom is -0.507 e. The van der Waals surface area contributed by atoms with Crippen LogP contribution in [0.4, 0.5) is 18.9 Å². The van der Waals surface area contributed by atoms with Gasteiger partial charge in [-0.1, -0.05) is 18.2 Å². The molecule has 2 aromatic carbocycles. The first kappa shape index (κ1) is 13.9. The van der Waals surface area contributed by atoms with Gasteiger partial charge in [0, 0.05) is 17.8 Å². The van der Waals surface area contributed by atoms with Crippen LogP contribution in [0.2, 0.25) is 0 Å². The number of hydrogen-bond donors (Lipinski definition) is 1. The fraction of sp³-hybridized carbons (Fsp3) is 0.0714. The van der Waals surface area contributed by atoms with Crippen LogP contribution in [0.1, 0.15) is 5.56 Å². The van der Waals surface area contributed by atoms with Gasteiger partial charge in [-0.15, -0.1) is 13.2 Å². The van der Waals surface area contributed by atoms with E-state index < -0.39 is 6.36 Å². The Kier molecular flexibility index (Phi) is 3.93. The Bertz CT molecular complexity index is 624. The molecule has 2 rings (SSSR count). The Labute approximate surface area is 113 Å². The van der Waals surface area contributed by atoms with Gasteiger partial charge in [0.05, 0.1) is 5.69 Å². The first-order valence-corrected chi connectivity index (χ1v) is 5.62. The van der Waals surface area contributed by atoms with Crippen molar-refractivity contribution in [3.8, 4) is 11.5 Å². The van der Waals surface area contributed by atoms with Crippen LogP contribution in [0.5, 0.6) is 11.5 Å². The number of ether oxygens (including phenoxy) is 1. The maximum atomic E-state index is 12.1. The Morgan fingerprint density at radius 1 is 1.05 bits per heavy atom. The second-order valence-electron chi connectivity index (χ2n) is 3.86. The SMILES string of the molecule is Oc1ccccc1C=Nc1cccc(OC(F)(F)F)c1. The summed E-state index contributed by atoms with van der Waals surface area (Å²) in [6, 6.07) is 11.8. The molecule has 0 bridgehead atoms. The average molecular weight is 281 g/mol. The highest BCUT2D eigenvalue weighted by molar-refractivity contribution is 5.85. The number of aromatic hydroxyl groups is 1. The maximum absolute atomic E-state index is 12.1. The van der Waals surface area contributed by atoms with E-state index in [0.29, 0.717) is 5.56 Å². The van der Waals surface area contributed by atoms with Crippen molar-refractivity contribution >= 4 is 11.9 Å². The first-order valence-electron chi connectivity index (χ1n) is 5.62. The molecule has 3 nitrogen and oxygen atoms in total. The zero-order valence-electron chi connectivity index (χ0n) is 10.1. The van der Waals surface area contributed by atoms with E-state index in [1.165, 1.54) is 30.5 Å². The van der Waals surface area contributed by atoms with Gasteiger partial charge in [-0.2, -0.15) is 0 Å². The van der Waals surface area contributed by atoms with Crippen LogP contribution >= 0.6 is 0 Å². The molecule has 0 amide bonds. The van der Waals surface area contributed by atoms with Gasteiger partial charge in [0.2, 0.25) is 0 Å². The van der Waals surface area contributed by atoms with E-state index in [1.807, 2.05) is 0 Å². The summed E-state index contributed by atoms with van der Waals surface area (Å²) in [5.41, 5.74) is 0.754. The maximum Gasteiger partial charge on any atom is 0.573 e. The third kappa shape index (κ3) is 4.01. The summed E-state index contributed by atoms with van der Waals surface area (Å²) in [5.74, 6) is -0.302. The van der Waals surface area contributed by atoms with Crippen LogP contribution in [0.25, 0.3) is 0 Å². The van der Waals surface area contributed by atoms with Crippen molar-refractivity contribution in [1.82, 2.24) is 0 Å². The van der Waals surface area contributed by atoms with Crippen LogP contribution < -0.4 is 4.74 Å². The van der Waals surface area contributed by atoms with Crippen molar-refractivity contribution in [2.75, 3.05) is 0 Å². The van der Waals surface area contributed by atoms with Crippen LogP contribution in [0, 0.1) is 0 Å². The Morgan fingerprint density at radius 3 is 2.50 bits per heavy atom. The van der Waals surface area contributed by atoms with E-state index in [0.717, 1.165) is 6.07 Å². The van der Waals surface area contributed by atoms with Gasteiger partial charge in [-0.3, -0.25) is 4.99 Å². The van der Waals surface area contributed by atoms with Crippen LogP contribution in [0.15, 0.2) is 53.5 Å². The third-order valence-electron chi connectivity index (χ3n) is 2.34. The van der Waals surface area contributed by atoms with Gasteiger partial charge in [0.1, 0.15) is 11.5 Å². The summed E-state index contributed by atoms with van der Waals surface area (Å²) in [7, 11) is 0. The number of rotatable bonds is 3. The van der Waals surface area contributed by atoms with E-state index in [4.69, 9.17) is 0 Å². The zero-order chi connectivity index (χ0) is 14.6. The van der Waals surface area contributed by atoms with Gasteiger partial charge >= 0.3 is 6.36 Å². The zero-order valence-corrected chi connectivity index (χ0v) is 10.1. The number of nitrogens with zero attached hydrogens (tertiary/aromatic N) is 1. The average Bonchev–Trinajstić information content (AvgIpc) is 2.36. The van der Waals surface area contributed by atoms with Crippen molar-refractivity contribution in [2.24, 2.45) is 4.99 Å². The van der Waals surface area contributed by atoms with E-state index in [-0.39, 0.29) is 17.2 Å². The summed E-state index contributed by atoms with van der Waals surface area (Å²) in [5, 5.41) is 9.53. The lowest BCUT2D eigenvalue weighted by Crippen LogP contribution is -2.16. The van der Waals surface area contributed by atoms with E-state index in [1.54, 1.807) is 18.2 Å². The number of hydrogen-bond acceptors (Lipinski definition) is 3. The number of phenolic OH excluding ortho intramolecular Hbond substituents is 1. The van der Waals surface area contributed by atoms with Crippen molar-refractivity contribution < 1.29 is 23.0 Å². The molecule has 0 spiro atoms. The molecule has 0 aliphatic carbocycles. The molecule has 0 heterocycles. The second-order valence-corrected chi connectivity index (χ2v) is 3.86. The second kappa shape index (κ2) is 5.64. The van der Waals surface area contributed by atoms with Gasteiger partial charge in [0.25, 0.3) is 0 Å². The molecule has 0 aromatic heterocycles. The summed E-state index contributed by atoms with van der Waals surface area (Å²) in [4.78, 5) is 4.00. The molecule has 0 saturated heterocycles. The Hall–Kier alpha value is -2.50. The predicted molar refractivity (Wildman–Crippen MR) is 68.5 cm³/mol. The summed E-state index contributed by atoms with van der Waals surface area (Å²) >= 11 is 0. The molecule has 1 N–H and O–H groups in total. The summed E-state index contributed by atoms with van der Waals surface area (Å²) < 4.78 is 40.0. The van der Waals surface area contributed by atoms with Crippen molar-refractivity contribution in [3.05, 3.63) is 54.1 Å². The Morgan fingerprint density at radius 2 is 1.80 bits per heavy atom. The van der Waals surface area contributed by atoms with E-state index in [9.17, 15) is 18.3 Å². The summed E-state index contributed by atoms with van der Waals surface area (Å²) in [6.07, 6.45) is -3.37. The topological polar surface area (TPSA) is 41.8 Å². The minimum absolute atomic E-state index is 0.0407. The standard InChI is InChI=1S/C14H10F3NO2/c15-14(16,17)20-12-6-3-5-11(8-12)18-9-10-4-1-2-7-13(10)19/h1-9,19H. The molecular formula is C14H10F3NO2. The molecule has 2 aromatic rings. The number of phenols is 1. The van der Waals surface area contributed by atoms with E-state index in [2.05, 4.69) is 9.73 Å². The van der Waals surface area contributed by atoms with Gasteiger partial charge in [-0.25, -0.2) is 0 Å². The highest BCUT2D eigenvalue weighted by Crippen LogP contribution is 2.26. The van der Waals surface area contributed by atoms with Crippen molar-refractivity contribution in [3.63, 3.8) is 0 Å². The van der Waals surface area contributed by atoms with Crippen molar-refractivity contribution in [1.29, 1.82) is 0 Å². The molecule has 0 aliphatic rings. The fourth-order valence-electron chi connectivity index (χ4n) is 1.50. The molecule has 0 aliphatic heterocycles. The molecule has 0 radical (unpaired) electrons. The fourth-order valence-corrected chi connectivity index (χ4v) is 1.50. The van der Waals surface area contributed by atoms with Crippen LogP contribution in [-0.4, -0.2) is 17.7 Å². The van der Waals surface area contributed by atoms with Gasteiger partial charge in [0.15, 0.2) is 0 Å². The largest absolute Gasteiger partial charge is 0.573 e. The molecule has 0 saturated carbocycles. The number of benzene rings is 2. The minimum atomic E-state index is -4.74. The van der Waals surface area contributed by atoms with Crippen LogP contribution in [0.3, 0.4) is 0 Å². The first-order chi connectivity index (χ1) is 9.44. The molecule has 0 fully saturated rings. The lowest BCUT2D eigenvalue weighted by molar-refractivity contribution is -0.274. The highest BCUT2D eigenvalue weighted by Gasteiger charge is 2.31. The quantitative estimate of drug-likeness (QED) is 0.863. The van der Waals surface area contributed by atoms with Gasteiger partial charge < -0.3 is 9.84 Å². The number of alkyl halides is 3. The number of halogens is 3. The van der Waals surface area contributed by atoms with Crippen molar-refractivity contribution in [2.45, 2.75) is 6.36 Å². The number of para-hydroxylation sites is 1. The lowest BCUT2D eigenvalue weighted by atomic mass is 10.2. The number of aliphatic imine (C=N–C) groups is 1. The van der Waals surface area contributed by atoms with E-state index >= 15 is 0 Å². The smallest absolute Gasteiger partial charge is 0.507 e. The molecule has 0 atom stereocenters. The predicted octanol–water partition coefficient (Wildman–Crippen LogP) is 4.04. The van der Waals surface area contributed by atoms with Crippen LogP contribution in [-0.2, 0) is 0 Å². The lowest BCUT2D eigenvalue weighted by Gasteiger charge is -2.08.